The van der Waals surface area contributed by atoms with Gasteiger partial charge in [-0.1, -0.05) is 51.5 Å². The fourth-order valence-corrected chi connectivity index (χ4v) is 3.94. The topological polar surface area (TPSA) is 91.0 Å². The molecule has 8 heteroatoms. The van der Waals surface area contributed by atoms with Crippen LogP contribution in [0.3, 0.4) is 0 Å². The maximum absolute atomic E-state index is 13.8. The van der Waals surface area contributed by atoms with Gasteiger partial charge in [0.25, 0.3) is 5.91 Å². The molecule has 0 fully saturated rings. The zero-order valence-electron chi connectivity index (χ0n) is 22.6. The minimum absolute atomic E-state index is 0.00221. The molecule has 4 aromatic rings. The molecule has 1 amide bonds. The predicted octanol–water partition coefficient (Wildman–Crippen LogP) is 5.77. The molecule has 0 aliphatic rings. The number of allylic oxidation sites excluding steroid dienone is 2. The van der Waals surface area contributed by atoms with E-state index in [2.05, 4.69) is 22.3 Å². The van der Waals surface area contributed by atoms with Crippen LogP contribution in [0.1, 0.15) is 62.2 Å². The van der Waals surface area contributed by atoms with Gasteiger partial charge in [-0.3, -0.25) is 18.8 Å². The number of benzene rings is 1. The third-order valence-corrected chi connectivity index (χ3v) is 5.62. The van der Waals surface area contributed by atoms with E-state index in [0.29, 0.717) is 33.6 Å². The molecule has 1 aromatic carbocycles. The average molecular weight is 514 g/mol. The van der Waals surface area contributed by atoms with Crippen molar-refractivity contribution in [2.24, 2.45) is 7.05 Å². The monoisotopic (exact) mass is 513 g/mol. The van der Waals surface area contributed by atoms with E-state index in [1.807, 2.05) is 61.7 Å². The van der Waals surface area contributed by atoms with E-state index in [0.717, 1.165) is 18.5 Å². The first-order valence-electron chi connectivity index (χ1n) is 12.9. The molecule has 0 aliphatic carbocycles. The fourth-order valence-electron chi connectivity index (χ4n) is 3.94. The van der Waals surface area contributed by atoms with Gasteiger partial charge < -0.3 is 10.1 Å². The highest BCUT2D eigenvalue weighted by molar-refractivity contribution is 5.93. The third-order valence-electron chi connectivity index (χ3n) is 5.62. The number of carbonyl (C=O) groups excluding carboxylic acids is 1. The molecule has 0 radical (unpaired) electrons. The number of unbranched alkanes of at least 4 members (excludes halogenated alkanes) is 1. The van der Waals surface area contributed by atoms with Crippen LogP contribution in [0.4, 0.5) is 0 Å². The molecule has 8 nitrogen and oxygen atoms in total. The number of nitrogens with one attached hydrogen (secondary N) is 1. The number of hydrogen-bond donors (Lipinski definition) is 1. The van der Waals surface area contributed by atoms with Gasteiger partial charge in [0.1, 0.15) is 11.4 Å². The molecular formula is C30H35N5O3. The summed E-state index contributed by atoms with van der Waals surface area (Å²) in [4.78, 5) is 31.2. The van der Waals surface area contributed by atoms with Crippen LogP contribution in [-0.2, 0) is 18.3 Å². The Bertz CT molecular complexity index is 1480. The molecule has 3 heterocycles. The predicted molar refractivity (Wildman–Crippen MR) is 152 cm³/mol. The van der Waals surface area contributed by atoms with Crippen molar-refractivity contribution in [2.45, 2.75) is 47.1 Å². The first-order valence-corrected chi connectivity index (χ1v) is 12.9. The Morgan fingerprint density at radius 2 is 1.89 bits per heavy atom. The Hall–Kier alpha value is -4.46. The van der Waals surface area contributed by atoms with Crippen LogP contribution in [0.25, 0.3) is 22.5 Å². The minimum Gasteiger partial charge on any atom is -0.463 e. The van der Waals surface area contributed by atoms with Gasteiger partial charge >= 0.3 is 0 Å². The second-order valence-electron chi connectivity index (χ2n) is 8.23. The highest BCUT2D eigenvalue weighted by Gasteiger charge is 2.23. The van der Waals surface area contributed by atoms with Crippen LogP contribution in [0.15, 0.2) is 84.3 Å². The maximum atomic E-state index is 13.8. The Morgan fingerprint density at radius 3 is 2.55 bits per heavy atom. The van der Waals surface area contributed by atoms with Crippen molar-refractivity contribution in [1.29, 1.82) is 0 Å². The SMILES string of the molecule is C/C=C\O/C(=C/CCC)c1c(CNC(=O)c2cnn(C)c2)c(=O)c2cccnc2n1-c1ccccc1.CC. The first-order chi connectivity index (χ1) is 18.5. The Kier molecular flexibility index (Phi) is 10.2. The largest absolute Gasteiger partial charge is 0.463 e. The fraction of sp³-hybridized carbons (Fsp3) is 0.267. The zero-order chi connectivity index (χ0) is 27.5. The first kappa shape index (κ1) is 28.1. The molecule has 0 unspecified atom stereocenters. The van der Waals surface area contributed by atoms with E-state index < -0.39 is 0 Å². The number of carbonyl (C=O) groups is 1. The quantitative estimate of drug-likeness (QED) is 0.287. The number of rotatable bonds is 9. The smallest absolute Gasteiger partial charge is 0.254 e. The molecule has 0 spiro atoms. The molecule has 0 bridgehead atoms. The standard InChI is InChI=1S/C28H29N5O3.C2H6/c1-4-6-14-24(36-16-5-2)25-23(18-30-28(35)20-17-31-32(3)19-20)26(34)22-13-10-15-29-27(22)33(25)21-11-8-7-9-12-21;1-2/h5,7-17,19H,4,6,18H2,1-3H3,(H,30,35);1-2H3/b16-5-,24-14+;. The van der Waals surface area contributed by atoms with Gasteiger partial charge in [-0.15, -0.1) is 0 Å². The van der Waals surface area contributed by atoms with Gasteiger partial charge in [0.15, 0.2) is 5.43 Å². The zero-order valence-corrected chi connectivity index (χ0v) is 22.6. The van der Waals surface area contributed by atoms with E-state index in [1.54, 1.807) is 48.6 Å². The molecule has 0 atom stereocenters. The van der Waals surface area contributed by atoms with Crippen molar-refractivity contribution in [3.05, 3.63) is 107 Å². The molecule has 1 N–H and O–H groups in total. The second kappa shape index (κ2) is 13.7. The van der Waals surface area contributed by atoms with Gasteiger partial charge in [-0.05, 0) is 43.7 Å². The van der Waals surface area contributed by atoms with Gasteiger partial charge in [0.2, 0.25) is 0 Å². The summed E-state index contributed by atoms with van der Waals surface area (Å²) in [5.41, 5.74) is 2.49. The number of nitrogens with zero attached hydrogens (tertiary/aromatic N) is 4. The van der Waals surface area contributed by atoms with Crippen LogP contribution in [0, 0.1) is 0 Å². The number of amides is 1. The van der Waals surface area contributed by atoms with E-state index in [-0.39, 0.29) is 17.9 Å². The summed E-state index contributed by atoms with van der Waals surface area (Å²) in [5.74, 6) is 0.202. The Balaban J connectivity index is 0.00000195. The molecule has 0 aliphatic heterocycles. The van der Waals surface area contributed by atoms with Crippen LogP contribution < -0.4 is 10.7 Å². The summed E-state index contributed by atoms with van der Waals surface area (Å²) < 4.78 is 9.53. The number of fused-ring (bicyclic) bond motifs is 1. The van der Waals surface area contributed by atoms with E-state index in [1.165, 1.54) is 6.20 Å². The summed E-state index contributed by atoms with van der Waals surface area (Å²) in [7, 11) is 1.74. The lowest BCUT2D eigenvalue weighted by Gasteiger charge is -2.21. The number of ether oxygens (including phenoxy) is 1. The molecule has 4 rings (SSSR count). The molecule has 3 aromatic heterocycles. The lowest BCUT2D eigenvalue weighted by Crippen LogP contribution is -2.29. The normalized spacial score (nSPS) is 11.3. The van der Waals surface area contributed by atoms with Crippen molar-refractivity contribution in [1.82, 2.24) is 24.6 Å². The summed E-state index contributed by atoms with van der Waals surface area (Å²) in [6.45, 7) is 7.94. The lowest BCUT2D eigenvalue weighted by molar-refractivity contribution is 0.0950. The molecular weight excluding hydrogens is 478 g/mol. The highest BCUT2D eigenvalue weighted by Crippen LogP contribution is 2.28. The number of aryl methyl sites for hydroxylation is 1. The van der Waals surface area contributed by atoms with Crippen LogP contribution in [0.5, 0.6) is 0 Å². The van der Waals surface area contributed by atoms with Gasteiger partial charge in [-0.25, -0.2) is 4.98 Å². The van der Waals surface area contributed by atoms with E-state index in [4.69, 9.17) is 4.74 Å². The van der Waals surface area contributed by atoms with E-state index in [9.17, 15) is 9.59 Å². The average Bonchev–Trinajstić information content (AvgIpc) is 3.40. The second-order valence-corrected chi connectivity index (χ2v) is 8.23. The van der Waals surface area contributed by atoms with Gasteiger partial charge in [0.05, 0.1) is 29.1 Å². The van der Waals surface area contributed by atoms with Gasteiger partial charge in [-0.2, -0.15) is 5.10 Å². The lowest BCUT2D eigenvalue weighted by atomic mass is 10.1. The summed E-state index contributed by atoms with van der Waals surface area (Å²) in [5, 5.41) is 7.41. The third kappa shape index (κ3) is 6.26. The number of hydrogen-bond acceptors (Lipinski definition) is 5. The van der Waals surface area contributed by atoms with Crippen molar-refractivity contribution in [3.63, 3.8) is 0 Å². The van der Waals surface area contributed by atoms with Crippen molar-refractivity contribution < 1.29 is 9.53 Å². The number of aromatic nitrogens is 4. The summed E-state index contributed by atoms with van der Waals surface area (Å²) in [6.07, 6.45) is 11.8. The number of para-hydroxylation sites is 1. The molecule has 0 saturated heterocycles. The summed E-state index contributed by atoms with van der Waals surface area (Å²) >= 11 is 0. The van der Waals surface area contributed by atoms with Gasteiger partial charge in [0, 0.05) is 37.2 Å². The van der Waals surface area contributed by atoms with Crippen molar-refractivity contribution >= 4 is 22.7 Å². The molecule has 38 heavy (non-hydrogen) atoms. The Labute approximate surface area is 223 Å². The minimum atomic E-state index is -0.320. The highest BCUT2D eigenvalue weighted by atomic mass is 16.5. The van der Waals surface area contributed by atoms with Crippen LogP contribution in [-0.4, -0.2) is 25.2 Å². The maximum Gasteiger partial charge on any atom is 0.254 e. The Morgan fingerprint density at radius 1 is 1.13 bits per heavy atom. The van der Waals surface area contributed by atoms with E-state index >= 15 is 0 Å². The van der Waals surface area contributed by atoms with Crippen molar-refractivity contribution in [2.75, 3.05) is 0 Å². The van der Waals surface area contributed by atoms with Crippen LogP contribution in [0.2, 0.25) is 0 Å². The van der Waals surface area contributed by atoms with Crippen molar-refractivity contribution in [3.8, 4) is 5.69 Å². The molecule has 0 saturated carbocycles. The summed E-state index contributed by atoms with van der Waals surface area (Å²) in [6, 6.07) is 13.2. The van der Waals surface area contributed by atoms with Crippen LogP contribution >= 0.6 is 0 Å². The number of pyridine rings is 2. The molecule has 198 valence electrons.